The standard InChI is InChI=1S/C23H32Se2/c1-3-4-5-6-7-8-15-20-23(2,24-21-16-11-9-12-17-21)25-22-18-13-10-14-19-22/h9-14,16-19H,3-8,15,20H2,1-2H3. The molecule has 0 aliphatic heterocycles. The fraction of sp³-hybridized carbons (Fsp3) is 0.478. The van der Waals surface area contributed by atoms with Crippen LogP contribution in [0.25, 0.3) is 0 Å². The molecule has 0 aromatic heterocycles. The van der Waals surface area contributed by atoms with Gasteiger partial charge in [0.25, 0.3) is 0 Å². The molecule has 0 N–H and O–H groups in total. The Bertz CT molecular complexity index is 524. The van der Waals surface area contributed by atoms with Gasteiger partial charge in [-0.3, -0.25) is 0 Å². The Morgan fingerprint density at radius 2 is 1.08 bits per heavy atom. The van der Waals surface area contributed by atoms with E-state index in [0.29, 0.717) is 33.1 Å². The zero-order chi connectivity index (χ0) is 17.8. The van der Waals surface area contributed by atoms with Crippen molar-refractivity contribution in [1.82, 2.24) is 0 Å². The Hall–Kier alpha value is -0.521. The number of hydrogen-bond donors (Lipinski definition) is 0. The van der Waals surface area contributed by atoms with Crippen LogP contribution in [-0.2, 0) is 0 Å². The van der Waals surface area contributed by atoms with Crippen LogP contribution in [0.4, 0.5) is 0 Å². The Morgan fingerprint density at radius 3 is 1.56 bits per heavy atom. The Morgan fingerprint density at radius 1 is 0.640 bits per heavy atom. The van der Waals surface area contributed by atoms with Crippen LogP contribution in [0.15, 0.2) is 60.7 Å². The van der Waals surface area contributed by atoms with Gasteiger partial charge in [0, 0.05) is 0 Å². The van der Waals surface area contributed by atoms with E-state index in [1.54, 1.807) is 8.92 Å². The van der Waals surface area contributed by atoms with E-state index in [1.165, 1.54) is 51.4 Å². The van der Waals surface area contributed by atoms with Gasteiger partial charge in [0.1, 0.15) is 0 Å². The molecular weight excluding hydrogens is 434 g/mol. The first-order valence-electron chi connectivity index (χ1n) is 9.70. The monoisotopic (exact) mass is 468 g/mol. The summed E-state index contributed by atoms with van der Waals surface area (Å²) in [5, 5.41) is 0. The second-order valence-electron chi connectivity index (χ2n) is 6.84. The Kier molecular flexibility index (Phi) is 9.95. The molecule has 136 valence electrons. The fourth-order valence-corrected chi connectivity index (χ4v) is 10.00. The summed E-state index contributed by atoms with van der Waals surface area (Å²) in [6.07, 6.45) is 11.2. The van der Waals surface area contributed by atoms with Crippen molar-refractivity contribution in [3.05, 3.63) is 60.7 Å². The third-order valence-corrected chi connectivity index (χ3v) is 11.0. The van der Waals surface area contributed by atoms with E-state index >= 15 is 0 Å². The average Bonchev–Trinajstić information content (AvgIpc) is 2.62. The van der Waals surface area contributed by atoms with Crippen molar-refractivity contribution in [2.75, 3.05) is 0 Å². The summed E-state index contributed by atoms with van der Waals surface area (Å²) < 4.78 is 3.59. The van der Waals surface area contributed by atoms with Crippen molar-refractivity contribution >= 4 is 38.8 Å². The molecule has 0 saturated heterocycles. The van der Waals surface area contributed by atoms with Gasteiger partial charge >= 0.3 is 168 Å². The van der Waals surface area contributed by atoms with E-state index in [1.807, 2.05) is 0 Å². The first-order valence-corrected chi connectivity index (χ1v) is 13.1. The predicted molar refractivity (Wildman–Crippen MR) is 115 cm³/mol. The molecule has 0 bridgehead atoms. The quantitative estimate of drug-likeness (QED) is 0.293. The van der Waals surface area contributed by atoms with Crippen molar-refractivity contribution in [2.45, 2.75) is 68.4 Å². The van der Waals surface area contributed by atoms with Crippen LogP contribution in [0.3, 0.4) is 0 Å². The number of rotatable bonds is 12. The van der Waals surface area contributed by atoms with Crippen LogP contribution in [0.1, 0.15) is 65.2 Å². The van der Waals surface area contributed by atoms with E-state index in [0.717, 1.165) is 0 Å². The molecule has 0 radical (unpaired) electrons. The van der Waals surface area contributed by atoms with Crippen molar-refractivity contribution in [3.8, 4) is 0 Å². The van der Waals surface area contributed by atoms with Gasteiger partial charge in [0.15, 0.2) is 0 Å². The SMILES string of the molecule is CCCCCCCCCC(C)([Se]c1ccccc1)[Se]c1ccccc1. The molecule has 2 heteroatoms. The molecule has 0 atom stereocenters. The van der Waals surface area contributed by atoms with Crippen molar-refractivity contribution in [1.29, 1.82) is 0 Å². The van der Waals surface area contributed by atoms with Crippen molar-refractivity contribution in [2.24, 2.45) is 0 Å². The zero-order valence-electron chi connectivity index (χ0n) is 15.7. The van der Waals surface area contributed by atoms with Crippen LogP contribution in [-0.4, -0.2) is 29.9 Å². The molecule has 2 aromatic rings. The summed E-state index contributed by atoms with van der Waals surface area (Å²) in [4.78, 5) is 0. The minimum atomic E-state index is 0.478. The van der Waals surface area contributed by atoms with E-state index in [9.17, 15) is 0 Å². The van der Waals surface area contributed by atoms with E-state index in [4.69, 9.17) is 0 Å². The minimum absolute atomic E-state index is 0.478. The summed E-state index contributed by atoms with van der Waals surface area (Å²) in [7, 11) is 0. The molecule has 0 fully saturated rings. The molecule has 0 nitrogen and oxygen atoms in total. The molecule has 0 aliphatic rings. The summed E-state index contributed by atoms with van der Waals surface area (Å²) >= 11 is 1.10. The van der Waals surface area contributed by atoms with Crippen molar-refractivity contribution < 1.29 is 0 Å². The molecule has 0 aliphatic carbocycles. The number of benzene rings is 2. The van der Waals surface area contributed by atoms with E-state index in [2.05, 4.69) is 74.5 Å². The number of unbranched alkanes of at least 4 members (excludes halogenated alkanes) is 6. The molecule has 2 aromatic carbocycles. The van der Waals surface area contributed by atoms with E-state index in [-0.39, 0.29) is 0 Å². The first kappa shape index (κ1) is 20.8. The molecule has 0 heterocycles. The van der Waals surface area contributed by atoms with Crippen LogP contribution in [0.2, 0.25) is 3.21 Å². The van der Waals surface area contributed by atoms with Crippen LogP contribution in [0, 0.1) is 0 Å². The van der Waals surface area contributed by atoms with Gasteiger partial charge in [-0.1, -0.05) is 0 Å². The second-order valence-corrected chi connectivity index (χ2v) is 14.8. The Balaban J connectivity index is 1.89. The maximum atomic E-state index is 2.55. The second kappa shape index (κ2) is 12.0. The van der Waals surface area contributed by atoms with Crippen LogP contribution >= 0.6 is 0 Å². The summed E-state index contributed by atoms with van der Waals surface area (Å²) in [6.45, 7) is 4.84. The normalized spacial score (nSPS) is 11.6. The predicted octanol–water partition coefficient (Wildman–Crippen LogP) is 5.32. The summed E-state index contributed by atoms with van der Waals surface area (Å²) in [5.74, 6) is 0. The Labute approximate surface area is 167 Å². The van der Waals surface area contributed by atoms with Crippen LogP contribution in [0.5, 0.6) is 0 Å². The molecule has 2 rings (SSSR count). The molecular formula is C23H32Se2. The van der Waals surface area contributed by atoms with Gasteiger partial charge in [-0.15, -0.1) is 0 Å². The maximum absolute atomic E-state index is 2.55. The molecule has 0 saturated carbocycles. The first-order chi connectivity index (χ1) is 12.2. The summed E-state index contributed by atoms with van der Waals surface area (Å²) in [5.41, 5.74) is 0. The van der Waals surface area contributed by atoms with Gasteiger partial charge in [-0.05, 0) is 0 Å². The zero-order valence-corrected chi connectivity index (χ0v) is 19.2. The average molecular weight is 466 g/mol. The van der Waals surface area contributed by atoms with E-state index < -0.39 is 0 Å². The van der Waals surface area contributed by atoms with Gasteiger partial charge in [0.05, 0.1) is 0 Å². The van der Waals surface area contributed by atoms with Gasteiger partial charge in [-0.2, -0.15) is 0 Å². The molecule has 0 amide bonds. The molecule has 0 spiro atoms. The van der Waals surface area contributed by atoms with Crippen molar-refractivity contribution in [3.63, 3.8) is 0 Å². The molecule has 0 unspecified atom stereocenters. The molecule has 25 heavy (non-hydrogen) atoms. The third-order valence-electron chi connectivity index (χ3n) is 4.39. The topological polar surface area (TPSA) is 0 Å². The van der Waals surface area contributed by atoms with Gasteiger partial charge < -0.3 is 0 Å². The van der Waals surface area contributed by atoms with Crippen LogP contribution < -0.4 is 8.92 Å². The fourth-order valence-electron chi connectivity index (χ4n) is 3.00. The summed E-state index contributed by atoms with van der Waals surface area (Å²) in [6, 6.07) is 22.3. The van der Waals surface area contributed by atoms with Gasteiger partial charge in [0.2, 0.25) is 0 Å². The van der Waals surface area contributed by atoms with Gasteiger partial charge in [-0.25, -0.2) is 0 Å². The third kappa shape index (κ3) is 8.61. The number of hydrogen-bond acceptors (Lipinski definition) is 0.